The number of anilines is 1. The quantitative estimate of drug-likeness (QED) is 0.212. The van der Waals surface area contributed by atoms with E-state index in [-0.39, 0.29) is 52.8 Å². The summed E-state index contributed by atoms with van der Waals surface area (Å²) >= 11 is 0. The second-order valence-corrected chi connectivity index (χ2v) is 11.0. The summed E-state index contributed by atoms with van der Waals surface area (Å²) in [5.74, 6) is -4.22. The number of ketones is 2. The van der Waals surface area contributed by atoms with E-state index in [4.69, 9.17) is 9.47 Å². The second-order valence-electron chi connectivity index (χ2n) is 11.0. The van der Waals surface area contributed by atoms with Crippen LogP contribution in [0.2, 0.25) is 0 Å². The summed E-state index contributed by atoms with van der Waals surface area (Å²) in [7, 11) is 1.00. The Hall–Kier alpha value is -4.48. The molecule has 4 aliphatic rings. The van der Waals surface area contributed by atoms with Crippen LogP contribution in [0.15, 0.2) is 70.8 Å². The third-order valence-corrected chi connectivity index (χ3v) is 8.82. The van der Waals surface area contributed by atoms with Crippen molar-refractivity contribution in [2.45, 2.75) is 25.7 Å². The first kappa shape index (κ1) is 27.7. The standard InChI is InChI=1S/C31H28BNO9/c1-14-9-22(34)27-21(28(14)35)13-20-18(25(27)15-10-23(41-2)29(36)24(11-15)42-3)7-8-19-26(20)31(38)33(30(19)37)17-6-4-5-16(12-17)32(39)40/h4-7,9-12,19-20,25-26,36,39-40H,8,13H2,1-3H3. The van der Waals surface area contributed by atoms with E-state index < -0.39 is 42.6 Å². The minimum absolute atomic E-state index is 0.114. The third-order valence-electron chi connectivity index (χ3n) is 8.82. The molecule has 0 saturated carbocycles. The van der Waals surface area contributed by atoms with E-state index in [0.29, 0.717) is 22.3 Å². The monoisotopic (exact) mass is 569 g/mol. The number of methoxy groups -OCH3 is 2. The number of benzene rings is 2. The molecular formula is C31H28BNO9. The fraction of sp³-hybridized carbons (Fsp3) is 0.290. The number of rotatable bonds is 5. The Labute approximate surface area is 241 Å². The van der Waals surface area contributed by atoms with Crippen molar-refractivity contribution >= 4 is 41.6 Å². The molecule has 4 atom stereocenters. The van der Waals surface area contributed by atoms with Crippen LogP contribution in [-0.2, 0) is 19.2 Å². The Morgan fingerprint density at radius 3 is 2.29 bits per heavy atom. The molecule has 10 nitrogen and oxygen atoms in total. The summed E-state index contributed by atoms with van der Waals surface area (Å²) in [5.41, 5.74) is 2.56. The number of amides is 2. The van der Waals surface area contributed by atoms with Crippen molar-refractivity contribution in [3.63, 3.8) is 0 Å². The van der Waals surface area contributed by atoms with Gasteiger partial charge in [0.1, 0.15) is 0 Å². The van der Waals surface area contributed by atoms with Gasteiger partial charge in [-0.05, 0) is 67.1 Å². The van der Waals surface area contributed by atoms with Crippen molar-refractivity contribution in [3.05, 3.63) is 76.4 Å². The van der Waals surface area contributed by atoms with Gasteiger partial charge in [0.2, 0.25) is 17.6 Å². The molecule has 1 heterocycles. The Kier molecular flexibility index (Phi) is 6.66. The van der Waals surface area contributed by atoms with Crippen LogP contribution in [0.5, 0.6) is 17.2 Å². The van der Waals surface area contributed by atoms with Crippen molar-refractivity contribution < 1.29 is 43.8 Å². The van der Waals surface area contributed by atoms with Gasteiger partial charge in [-0.3, -0.25) is 24.1 Å². The number of hydrogen-bond donors (Lipinski definition) is 3. The highest BCUT2D eigenvalue weighted by atomic mass is 16.5. The topological polar surface area (TPSA) is 151 Å². The maximum atomic E-state index is 14.0. The van der Waals surface area contributed by atoms with Crippen LogP contribution in [-0.4, -0.2) is 59.9 Å². The average molecular weight is 569 g/mol. The Morgan fingerprint density at radius 1 is 0.952 bits per heavy atom. The number of phenolic OH excluding ortho intramolecular Hbond substituents is 1. The molecular weight excluding hydrogens is 541 g/mol. The van der Waals surface area contributed by atoms with Crippen LogP contribution >= 0.6 is 0 Å². The van der Waals surface area contributed by atoms with Crippen molar-refractivity contribution in [3.8, 4) is 17.2 Å². The van der Waals surface area contributed by atoms with Crippen LogP contribution in [0.4, 0.5) is 5.69 Å². The molecule has 6 rings (SSSR count). The molecule has 1 fully saturated rings. The zero-order valence-electron chi connectivity index (χ0n) is 23.2. The highest BCUT2D eigenvalue weighted by Gasteiger charge is 2.56. The lowest BCUT2D eigenvalue weighted by molar-refractivity contribution is -0.123. The van der Waals surface area contributed by atoms with Crippen molar-refractivity contribution in [1.82, 2.24) is 0 Å². The lowest BCUT2D eigenvalue weighted by Crippen LogP contribution is -2.40. The van der Waals surface area contributed by atoms with E-state index in [1.807, 2.05) is 6.08 Å². The second kappa shape index (κ2) is 10.1. The van der Waals surface area contributed by atoms with Gasteiger partial charge in [0, 0.05) is 22.6 Å². The molecule has 42 heavy (non-hydrogen) atoms. The van der Waals surface area contributed by atoms with Crippen LogP contribution < -0.4 is 19.8 Å². The van der Waals surface area contributed by atoms with E-state index >= 15 is 0 Å². The molecule has 11 heteroatoms. The highest BCUT2D eigenvalue weighted by Crippen LogP contribution is 2.56. The van der Waals surface area contributed by atoms with Gasteiger partial charge in [-0.25, -0.2) is 0 Å². The molecule has 3 N–H and O–H groups in total. The smallest absolute Gasteiger partial charge is 0.488 e. The average Bonchev–Trinajstić information content (AvgIpc) is 3.24. The lowest BCUT2D eigenvalue weighted by atomic mass is 9.59. The molecule has 0 bridgehead atoms. The van der Waals surface area contributed by atoms with Gasteiger partial charge in [0.05, 0.1) is 31.7 Å². The number of Topliss-reactive ketones (excluding diaryl/α,β-unsaturated/α-hetero) is 1. The molecule has 2 aromatic carbocycles. The van der Waals surface area contributed by atoms with Gasteiger partial charge in [-0.1, -0.05) is 23.8 Å². The number of aromatic hydroxyl groups is 1. The normalized spacial score (nSPS) is 25.0. The first-order valence-corrected chi connectivity index (χ1v) is 13.6. The van der Waals surface area contributed by atoms with Gasteiger partial charge < -0.3 is 24.6 Å². The first-order chi connectivity index (χ1) is 20.1. The zero-order chi connectivity index (χ0) is 30.0. The molecule has 0 spiro atoms. The van der Waals surface area contributed by atoms with Gasteiger partial charge in [0.15, 0.2) is 23.1 Å². The maximum absolute atomic E-state index is 14.0. The fourth-order valence-electron chi connectivity index (χ4n) is 6.92. The van der Waals surface area contributed by atoms with E-state index in [1.165, 1.54) is 38.5 Å². The largest absolute Gasteiger partial charge is 0.502 e. The Bertz CT molecular complexity index is 1640. The number of carbonyl (C=O) groups excluding carboxylic acids is 4. The van der Waals surface area contributed by atoms with Crippen LogP contribution in [0.3, 0.4) is 0 Å². The lowest BCUT2D eigenvalue weighted by Gasteiger charge is -2.42. The summed E-state index contributed by atoms with van der Waals surface area (Å²) < 4.78 is 10.8. The zero-order valence-corrected chi connectivity index (χ0v) is 23.2. The minimum Gasteiger partial charge on any atom is -0.502 e. The molecule has 2 aromatic rings. The SMILES string of the molecule is COc1cc(C2C3=CCC4C(=O)N(c5cccc(B(O)O)c5)C(=O)C4C3CC3=C2C(=O)C=C(C)C3=O)cc(OC)c1O. The van der Waals surface area contributed by atoms with Gasteiger partial charge in [-0.15, -0.1) is 0 Å². The molecule has 4 unspecified atom stereocenters. The number of fused-ring (bicyclic) bond motifs is 3. The minimum atomic E-state index is -1.77. The summed E-state index contributed by atoms with van der Waals surface area (Å²) in [6.07, 6.45) is 3.56. The van der Waals surface area contributed by atoms with Crippen LogP contribution in [0.1, 0.15) is 31.2 Å². The third kappa shape index (κ3) is 4.03. The molecule has 1 aliphatic heterocycles. The summed E-state index contributed by atoms with van der Waals surface area (Å²) in [6.45, 7) is 1.58. The molecule has 1 saturated heterocycles. The predicted molar refractivity (Wildman–Crippen MR) is 151 cm³/mol. The maximum Gasteiger partial charge on any atom is 0.488 e. The molecule has 2 amide bonds. The number of nitrogens with zero attached hydrogens (tertiary/aromatic N) is 1. The number of allylic oxidation sites excluding steroid dienone is 6. The fourth-order valence-corrected chi connectivity index (χ4v) is 6.92. The summed E-state index contributed by atoms with van der Waals surface area (Å²) in [6, 6.07) is 9.15. The van der Waals surface area contributed by atoms with E-state index in [2.05, 4.69) is 0 Å². The molecule has 214 valence electrons. The van der Waals surface area contributed by atoms with Crippen molar-refractivity contribution in [2.75, 3.05) is 19.1 Å². The van der Waals surface area contributed by atoms with E-state index in [0.717, 1.165) is 10.5 Å². The van der Waals surface area contributed by atoms with Gasteiger partial charge in [0.25, 0.3) is 0 Å². The Balaban J connectivity index is 1.50. The number of imide groups is 1. The van der Waals surface area contributed by atoms with Crippen LogP contribution in [0, 0.1) is 17.8 Å². The molecule has 0 radical (unpaired) electrons. The van der Waals surface area contributed by atoms with Crippen molar-refractivity contribution in [2.24, 2.45) is 17.8 Å². The number of phenols is 1. The predicted octanol–water partition coefficient (Wildman–Crippen LogP) is 1.72. The summed E-state index contributed by atoms with van der Waals surface area (Å²) in [4.78, 5) is 55.8. The van der Waals surface area contributed by atoms with E-state index in [1.54, 1.807) is 25.1 Å². The van der Waals surface area contributed by atoms with Gasteiger partial charge >= 0.3 is 7.12 Å². The number of carbonyl (C=O) groups is 4. The van der Waals surface area contributed by atoms with Crippen molar-refractivity contribution in [1.29, 1.82) is 0 Å². The number of ether oxygens (including phenoxy) is 2. The highest BCUT2D eigenvalue weighted by molar-refractivity contribution is 6.58. The molecule has 3 aliphatic carbocycles. The number of hydrogen-bond acceptors (Lipinski definition) is 9. The van der Waals surface area contributed by atoms with E-state index in [9.17, 15) is 34.3 Å². The first-order valence-electron chi connectivity index (χ1n) is 13.6. The van der Waals surface area contributed by atoms with Gasteiger partial charge in [-0.2, -0.15) is 0 Å². The summed E-state index contributed by atoms with van der Waals surface area (Å²) in [5, 5.41) is 29.9. The molecule has 0 aromatic heterocycles. The van der Waals surface area contributed by atoms with Crippen LogP contribution in [0.25, 0.3) is 0 Å². The Morgan fingerprint density at radius 2 is 1.64 bits per heavy atom.